The van der Waals surface area contributed by atoms with Crippen molar-refractivity contribution in [3.63, 3.8) is 0 Å². The zero-order chi connectivity index (χ0) is 16.5. The number of aryl methyl sites for hydroxylation is 1. The molecule has 3 aliphatic rings. The summed E-state index contributed by atoms with van der Waals surface area (Å²) in [4.78, 5) is 19.4. The fourth-order valence-corrected chi connectivity index (χ4v) is 3.90. The average Bonchev–Trinajstić information content (AvgIpc) is 3.36. The lowest BCUT2D eigenvalue weighted by Crippen LogP contribution is -2.56. The second-order valence-electron chi connectivity index (χ2n) is 7.36. The Hall–Kier alpha value is -1.76. The molecule has 2 saturated heterocycles. The van der Waals surface area contributed by atoms with E-state index in [4.69, 9.17) is 0 Å². The van der Waals surface area contributed by atoms with Gasteiger partial charge in [0.1, 0.15) is 0 Å². The van der Waals surface area contributed by atoms with Gasteiger partial charge in [0.15, 0.2) is 0 Å². The van der Waals surface area contributed by atoms with Crippen LogP contribution in [0.3, 0.4) is 0 Å². The van der Waals surface area contributed by atoms with Gasteiger partial charge in [-0.2, -0.15) is 5.10 Å². The van der Waals surface area contributed by atoms with Gasteiger partial charge < -0.3 is 15.1 Å². The maximum Gasteiger partial charge on any atom is 0.317 e. The van der Waals surface area contributed by atoms with Crippen LogP contribution in [0.2, 0.25) is 0 Å². The van der Waals surface area contributed by atoms with Crippen molar-refractivity contribution in [2.75, 3.05) is 44.2 Å². The molecule has 1 aromatic rings. The summed E-state index contributed by atoms with van der Waals surface area (Å²) in [5, 5.41) is 7.51. The Balaban J connectivity index is 1.27. The predicted molar refractivity (Wildman–Crippen MR) is 93.1 cm³/mol. The fraction of sp³-hybridized carbons (Fsp3) is 0.765. The van der Waals surface area contributed by atoms with E-state index < -0.39 is 0 Å². The van der Waals surface area contributed by atoms with Gasteiger partial charge in [0.05, 0.1) is 11.9 Å². The van der Waals surface area contributed by atoms with Crippen molar-refractivity contribution in [2.24, 2.45) is 7.05 Å². The van der Waals surface area contributed by atoms with Crippen LogP contribution in [0.15, 0.2) is 12.4 Å². The SMILES string of the molecule is Cn1cc(N2CCC[C@H](NC(=O)N3CCN(C4CC4)CC3)C2)cn1. The van der Waals surface area contributed by atoms with Crippen LogP contribution in [0, 0.1) is 0 Å². The number of hydrogen-bond acceptors (Lipinski definition) is 4. The lowest BCUT2D eigenvalue weighted by Gasteiger charge is -2.38. The molecule has 4 rings (SSSR count). The highest BCUT2D eigenvalue weighted by atomic mass is 16.2. The zero-order valence-corrected chi connectivity index (χ0v) is 14.5. The third-order valence-electron chi connectivity index (χ3n) is 5.47. The van der Waals surface area contributed by atoms with Gasteiger partial charge in [0.25, 0.3) is 0 Å². The first-order valence-corrected chi connectivity index (χ1v) is 9.22. The Morgan fingerprint density at radius 3 is 2.62 bits per heavy atom. The molecule has 0 unspecified atom stereocenters. The Bertz CT molecular complexity index is 575. The summed E-state index contributed by atoms with van der Waals surface area (Å²) < 4.78 is 1.83. The molecule has 2 aliphatic heterocycles. The van der Waals surface area contributed by atoms with Crippen LogP contribution < -0.4 is 10.2 Å². The molecular weight excluding hydrogens is 304 g/mol. The van der Waals surface area contributed by atoms with E-state index in [0.29, 0.717) is 0 Å². The Morgan fingerprint density at radius 2 is 1.96 bits per heavy atom. The van der Waals surface area contributed by atoms with Gasteiger partial charge in [0, 0.05) is 64.6 Å². The van der Waals surface area contributed by atoms with Crippen molar-refractivity contribution in [2.45, 2.75) is 37.8 Å². The van der Waals surface area contributed by atoms with E-state index in [1.165, 1.54) is 12.8 Å². The molecule has 0 radical (unpaired) electrons. The maximum atomic E-state index is 12.6. The number of amides is 2. The van der Waals surface area contributed by atoms with E-state index in [9.17, 15) is 4.79 Å². The van der Waals surface area contributed by atoms with E-state index in [-0.39, 0.29) is 12.1 Å². The highest BCUT2D eigenvalue weighted by Gasteiger charge is 2.33. The molecule has 24 heavy (non-hydrogen) atoms. The minimum absolute atomic E-state index is 0.114. The van der Waals surface area contributed by atoms with E-state index in [0.717, 1.165) is 63.8 Å². The zero-order valence-electron chi connectivity index (χ0n) is 14.5. The molecule has 132 valence electrons. The summed E-state index contributed by atoms with van der Waals surface area (Å²) in [6.07, 6.45) is 8.80. The minimum atomic E-state index is 0.114. The number of anilines is 1. The summed E-state index contributed by atoms with van der Waals surface area (Å²) in [5.41, 5.74) is 1.15. The van der Waals surface area contributed by atoms with Gasteiger partial charge in [-0.3, -0.25) is 9.58 Å². The summed E-state index contributed by atoms with van der Waals surface area (Å²) in [5.74, 6) is 0. The Kier molecular flexibility index (Phi) is 4.35. The Morgan fingerprint density at radius 1 is 1.17 bits per heavy atom. The summed E-state index contributed by atoms with van der Waals surface area (Å²) in [6.45, 7) is 5.70. The molecule has 3 heterocycles. The van der Waals surface area contributed by atoms with E-state index in [1.54, 1.807) is 0 Å². The van der Waals surface area contributed by atoms with Crippen molar-refractivity contribution in [3.05, 3.63) is 12.4 Å². The number of urea groups is 1. The van der Waals surface area contributed by atoms with E-state index in [1.807, 2.05) is 29.0 Å². The molecule has 1 aromatic heterocycles. The lowest BCUT2D eigenvalue weighted by atomic mass is 10.1. The highest BCUT2D eigenvalue weighted by Crippen LogP contribution is 2.27. The van der Waals surface area contributed by atoms with Gasteiger partial charge >= 0.3 is 6.03 Å². The number of nitrogens with zero attached hydrogens (tertiary/aromatic N) is 5. The summed E-state index contributed by atoms with van der Waals surface area (Å²) >= 11 is 0. The first kappa shape index (κ1) is 15.7. The number of carbonyl (C=O) groups is 1. The normalized spacial score (nSPS) is 25.8. The second kappa shape index (κ2) is 6.63. The van der Waals surface area contributed by atoms with Crippen molar-refractivity contribution in [1.29, 1.82) is 0 Å². The number of rotatable bonds is 3. The molecular formula is C17H28N6O. The standard InChI is InChI=1S/C17H28N6O/c1-20-13-16(11-18-20)23-6-2-3-14(12-23)19-17(24)22-9-7-21(8-10-22)15-4-5-15/h11,13-15H,2-10,12H2,1H3,(H,19,24)/t14-/m0/s1. The van der Waals surface area contributed by atoms with Gasteiger partial charge in [-0.05, 0) is 25.7 Å². The van der Waals surface area contributed by atoms with Crippen molar-refractivity contribution >= 4 is 11.7 Å². The monoisotopic (exact) mass is 332 g/mol. The number of nitrogens with one attached hydrogen (secondary N) is 1. The molecule has 2 amide bonds. The van der Waals surface area contributed by atoms with Crippen LogP contribution in [0.25, 0.3) is 0 Å². The van der Waals surface area contributed by atoms with Crippen molar-refractivity contribution < 1.29 is 4.79 Å². The van der Waals surface area contributed by atoms with Crippen LogP contribution in [0.4, 0.5) is 10.5 Å². The predicted octanol–water partition coefficient (Wildman–Crippen LogP) is 0.879. The number of piperidine rings is 1. The first-order chi connectivity index (χ1) is 11.7. The molecule has 3 fully saturated rings. The number of piperazine rings is 1. The largest absolute Gasteiger partial charge is 0.367 e. The van der Waals surface area contributed by atoms with E-state index in [2.05, 4.69) is 20.2 Å². The van der Waals surface area contributed by atoms with Crippen LogP contribution in [-0.4, -0.2) is 77.0 Å². The molecule has 1 saturated carbocycles. The smallest absolute Gasteiger partial charge is 0.317 e. The van der Waals surface area contributed by atoms with Crippen LogP contribution in [-0.2, 0) is 7.05 Å². The van der Waals surface area contributed by atoms with E-state index >= 15 is 0 Å². The van der Waals surface area contributed by atoms with Crippen LogP contribution >= 0.6 is 0 Å². The van der Waals surface area contributed by atoms with Gasteiger partial charge in [0.2, 0.25) is 0 Å². The fourth-order valence-electron chi connectivity index (χ4n) is 3.90. The third kappa shape index (κ3) is 3.50. The summed E-state index contributed by atoms with van der Waals surface area (Å²) in [7, 11) is 1.94. The lowest BCUT2D eigenvalue weighted by molar-refractivity contribution is 0.132. The molecule has 1 atom stereocenters. The number of carbonyl (C=O) groups excluding carboxylic acids is 1. The van der Waals surface area contributed by atoms with Crippen LogP contribution in [0.1, 0.15) is 25.7 Å². The Labute approximate surface area is 143 Å². The third-order valence-corrected chi connectivity index (χ3v) is 5.47. The molecule has 7 heteroatoms. The molecule has 0 aromatic carbocycles. The first-order valence-electron chi connectivity index (χ1n) is 9.22. The highest BCUT2D eigenvalue weighted by molar-refractivity contribution is 5.74. The molecule has 7 nitrogen and oxygen atoms in total. The molecule has 1 aliphatic carbocycles. The molecule has 0 spiro atoms. The number of aromatic nitrogens is 2. The van der Waals surface area contributed by atoms with Crippen molar-refractivity contribution in [3.8, 4) is 0 Å². The van der Waals surface area contributed by atoms with Crippen LogP contribution in [0.5, 0.6) is 0 Å². The van der Waals surface area contributed by atoms with Gasteiger partial charge in [-0.15, -0.1) is 0 Å². The summed E-state index contributed by atoms with van der Waals surface area (Å²) in [6, 6.07) is 1.15. The van der Waals surface area contributed by atoms with Gasteiger partial charge in [-0.25, -0.2) is 4.79 Å². The molecule has 0 bridgehead atoms. The average molecular weight is 332 g/mol. The number of hydrogen-bond donors (Lipinski definition) is 1. The maximum absolute atomic E-state index is 12.6. The van der Waals surface area contributed by atoms with Crippen molar-refractivity contribution in [1.82, 2.24) is 24.9 Å². The quantitative estimate of drug-likeness (QED) is 0.893. The topological polar surface area (TPSA) is 56.6 Å². The minimum Gasteiger partial charge on any atom is -0.367 e. The molecule has 1 N–H and O–H groups in total. The second-order valence-corrected chi connectivity index (χ2v) is 7.36. The van der Waals surface area contributed by atoms with Gasteiger partial charge in [-0.1, -0.05) is 0 Å².